The zero-order chi connectivity index (χ0) is 14.8. The normalized spacial score (nSPS) is 19.4. The first-order valence-electron chi connectivity index (χ1n) is 6.25. The van der Waals surface area contributed by atoms with E-state index in [-0.39, 0.29) is 35.3 Å². The van der Waals surface area contributed by atoms with E-state index < -0.39 is 16.0 Å². The summed E-state index contributed by atoms with van der Waals surface area (Å²) in [7, 11) is -3.42. The summed E-state index contributed by atoms with van der Waals surface area (Å²) in [6.07, 6.45) is 0.740. The van der Waals surface area contributed by atoms with Gasteiger partial charge in [-0.15, -0.1) is 0 Å². The highest BCUT2D eigenvalue weighted by Gasteiger charge is 2.23. The van der Waals surface area contributed by atoms with Crippen molar-refractivity contribution in [2.24, 2.45) is 5.92 Å². The van der Waals surface area contributed by atoms with E-state index in [4.69, 9.17) is 14.3 Å². The first kappa shape index (κ1) is 15.0. The van der Waals surface area contributed by atoms with Crippen LogP contribution in [0.3, 0.4) is 0 Å². The van der Waals surface area contributed by atoms with Crippen LogP contribution >= 0.6 is 0 Å². The second kappa shape index (κ2) is 5.94. The highest BCUT2D eigenvalue weighted by atomic mass is 32.2. The molecule has 1 aromatic heterocycles. The Labute approximate surface area is 117 Å². The molecular weight excluding hydrogens is 286 g/mol. The van der Waals surface area contributed by atoms with Gasteiger partial charge in [-0.2, -0.15) is 0 Å². The SMILES string of the molecule is Cc1oc(CNS(=O)(=O)CC2CCOC2)cc1C(=O)O. The second-order valence-electron chi connectivity index (χ2n) is 4.82. The molecule has 20 heavy (non-hydrogen) atoms. The monoisotopic (exact) mass is 303 g/mol. The average molecular weight is 303 g/mol. The van der Waals surface area contributed by atoms with Crippen LogP contribution in [0.2, 0.25) is 0 Å². The van der Waals surface area contributed by atoms with Crippen LogP contribution in [0, 0.1) is 12.8 Å². The molecule has 1 fully saturated rings. The molecule has 1 aliphatic heterocycles. The zero-order valence-corrected chi connectivity index (χ0v) is 11.9. The standard InChI is InChI=1S/C12H17NO6S/c1-8-11(12(14)15)4-10(19-8)5-13-20(16,17)7-9-2-3-18-6-9/h4,9,13H,2-3,5-7H2,1H3,(H,14,15). The number of carboxylic acid groups (broad SMARTS) is 1. The molecule has 0 saturated carbocycles. The van der Waals surface area contributed by atoms with Gasteiger partial charge in [0.05, 0.1) is 18.9 Å². The summed E-state index contributed by atoms with van der Waals surface area (Å²) in [4.78, 5) is 10.9. The first-order valence-corrected chi connectivity index (χ1v) is 7.90. The molecule has 2 heterocycles. The lowest BCUT2D eigenvalue weighted by atomic mass is 10.2. The third kappa shape index (κ3) is 3.81. The third-order valence-corrected chi connectivity index (χ3v) is 4.64. The molecule has 0 bridgehead atoms. The highest BCUT2D eigenvalue weighted by molar-refractivity contribution is 7.89. The molecule has 112 valence electrons. The summed E-state index contributed by atoms with van der Waals surface area (Å²) in [5, 5.41) is 8.88. The lowest BCUT2D eigenvalue weighted by Crippen LogP contribution is -2.29. The van der Waals surface area contributed by atoms with Crippen molar-refractivity contribution in [1.82, 2.24) is 4.72 Å². The number of hydrogen-bond acceptors (Lipinski definition) is 5. The maximum Gasteiger partial charge on any atom is 0.339 e. The van der Waals surface area contributed by atoms with Gasteiger partial charge in [-0.1, -0.05) is 0 Å². The summed E-state index contributed by atoms with van der Waals surface area (Å²) in [5.41, 5.74) is 0.0448. The van der Waals surface area contributed by atoms with Crippen molar-refractivity contribution in [2.75, 3.05) is 19.0 Å². The predicted molar refractivity (Wildman–Crippen MR) is 70.0 cm³/mol. The summed E-state index contributed by atoms with van der Waals surface area (Å²) in [5.74, 6) is -0.524. The minimum absolute atomic E-state index is 0.0124. The topological polar surface area (TPSA) is 106 Å². The second-order valence-corrected chi connectivity index (χ2v) is 6.67. The molecule has 0 spiro atoms. The molecule has 1 aliphatic rings. The van der Waals surface area contributed by atoms with Crippen LogP contribution in [-0.2, 0) is 21.3 Å². The molecule has 8 heteroatoms. The van der Waals surface area contributed by atoms with E-state index >= 15 is 0 Å². The molecule has 1 saturated heterocycles. The minimum atomic E-state index is -3.42. The van der Waals surface area contributed by atoms with Gasteiger partial charge in [0.25, 0.3) is 0 Å². The molecular formula is C12H17NO6S. The van der Waals surface area contributed by atoms with Crippen LogP contribution in [0.15, 0.2) is 10.5 Å². The van der Waals surface area contributed by atoms with Crippen molar-refractivity contribution in [3.05, 3.63) is 23.2 Å². The van der Waals surface area contributed by atoms with E-state index in [1.807, 2.05) is 0 Å². The molecule has 2 N–H and O–H groups in total. The lowest BCUT2D eigenvalue weighted by Gasteiger charge is -2.09. The number of carbonyl (C=O) groups is 1. The van der Waals surface area contributed by atoms with Gasteiger partial charge < -0.3 is 14.3 Å². The Balaban J connectivity index is 1.93. The van der Waals surface area contributed by atoms with Crippen LogP contribution in [0.5, 0.6) is 0 Å². The van der Waals surface area contributed by atoms with Gasteiger partial charge in [-0.25, -0.2) is 17.9 Å². The van der Waals surface area contributed by atoms with Crippen molar-refractivity contribution in [3.63, 3.8) is 0 Å². The quantitative estimate of drug-likeness (QED) is 0.803. The summed E-state index contributed by atoms with van der Waals surface area (Å²) >= 11 is 0. The van der Waals surface area contributed by atoms with Gasteiger partial charge in [0.1, 0.15) is 17.1 Å². The van der Waals surface area contributed by atoms with E-state index in [0.29, 0.717) is 13.2 Å². The Bertz CT molecular complexity index is 585. The maximum absolute atomic E-state index is 11.9. The maximum atomic E-state index is 11.9. The average Bonchev–Trinajstić information content (AvgIpc) is 2.95. The number of rotatable bonds is 6. The highest BCUT2D eigenvalue weighted by Crippen LogP contribution is 2.16. The predicted octanol–water partition coefficient (Wildman–Crippen LogP) is 0.742. The number of furan rings is 1. The fourth-order valence-corrected chi connectivity index (χ4v) is 3.47. The van der Waals surface area contributed by atoms with E-state index in [9.17, 15) is 13.2 Å². The van der Waals surface area contributed by atoms with Crippen LogP contribution in [-0.4, -0.2) is 38.5 Å². The van der Waals surface area contributed by atoms with Crippen LogP contribution in [0.1, 0.15) is 28.3 Å². The molecule has 1 atom stereocenters. The van der Waals surface area contributed by atoms with E-state index in [1.165, 1.54) is 13.0 Å². The largest absolute Gasteiger partial charge is 0.478 e. The molecule has 0 aromatic carbocycles. The number of aromatic carboxylic acids is 1. The Hall–Kier alpha value is -1.38. The molecule has 0 amide bonds. The fraction of sp³-hybridized carbons (Fsp3) is 0.583. The Morgan fingerprint density at radius 2 is 2.30 bits per heavy atom. The molecule has 1 aromatic rings. The van der Waals surface area contributed by atoms with Gasteiger partial charge in [-0.3, -0.25) is 0 Å². The van der Waals surface area contributed by atoms with Crippen molar-refractivity contribution in [3.8, 4) is 0 Å². The number of aryl methyl sites for hydroxylation is 1. The van der Waals surface area contributed by atoms with Crippen molar-refractivity contribution in [1.29, 1.82) is 0 Å². The Morgan fingerprint density at radius 3 is 2.85 bits per heavy atom. The number of ether oxygens (including phenoxy) is 1. The molecule has 0 radical (unpaired) electrons. The van der Waals surface area contributed by atoms with E-state index in [1.54, 1.807) is 0 Å². The first-order chi connectivity index (χ1) is 9.37. The molecule has 1 unspecified atom stereocenters. The number of nitrogens with one attached hydrogen (secondary N) is 1. The van der Waals surface area contributed by atoms with Gasteiger partial charge in [-0.05, 0) is 25.3 Å². The van der Waals surface area contributed by atoms with Gasteiger partial charge >= 0.3 is 5.97 Å². The smallest absolute Gasteiger partial charge is 0.339 e. The van der Waals surface area contributed by atoms with Gasteiger partial charge in [0.2, 0.25) is 10.0 Å². The van der Waals surface area contributed by atoms with Crippen molar-refractivity contribution in [2.45, 2.75) is 19.9 Å². The minimum Gasteiger partial charge on any atom is -0.478 e. The van der Waals surface area contributed by atoms with Gasteiger partial charge in [0, 0.05) is 6.61 Å². The number of carboxylic acids is 1. The lowest BCUT2D eigenvalue weighted by molar-refractivity contribution is 0.0695. The van der Waals surface area contributed by atoms with Crippen LogP contribution < -0.4 is 4.72 Å². The van der Waals surface area contributed by atoms with Gasteiger partial charge in [0.15, 0.2) is 0 Å². The number of hydrogen-bond donors (Lipinski definition) is 2. The molecule has 7 nitrogen and oxygen atoms in total. The van der Waals surface area contributed by atoms with E-state index in [0.717, 1.165) is 6.42 Å². The molecule has 0 aliphatic carbocycles. The fourth-order valence-electron chi connectivity index (χ4n) is 2.11. The Kier molecular flexibility index (Phi) is 4.46. The van der Waals surface area contributed by atoms with Crippen LogP contribution in [0.4, 0.5) is 0 Å². The summed E-state index contributed by atoms with van der Waals surface area (Å²) < 4.78 is 36.5. The van der Waals surface area contributed by atoms with Crippen molar-refractivity contribution >= 4 is 16.0 Å². The van der Waals surface area contributed by atoms with E-state index in [2.05, 4.69) is 4.72 Å². The third-order valence-electron chi connectivity index (χ3n) is 3.14. The number of sulfonamides is 1. The zero-order valence-electron chi connectivity index (χ0n) is 11.1. The van der Waals surface area contributed by atoms with Crippen LogP contribution in [0.25, 0.3) is 0 Å². The Morgan fingerprint density at radius 1 is 1.55 bits per heavy atom. The molecule has 2 rings (SSSR count). The summed E-state index contributed by atoms with van der Waals surface area (Å²) in [6, 6.07) is 1.33. The summed E-state index contributed by atoms with van der Waals surface area (Å²) in [6.45, 7) is 2.53. The van der Waals surface area contributed by atoms with Crippen molar-refractivity contribution < 1.29 is 27.5 Å².